The zero-order valence-electron chi connectivity index (χ0n) is 11.0. The van der Waals surface area contributed by atoms with E-state index in [0.29, 0.717) is 26.0 Å². The zero-order valence-corrected chi connectivity index (χ0v) is 11.0. The number of carboxylic acids is 1. The third-order valence-corrected chi connectivity index (χ3v) is 3.47. The summed E-state index contributed by atoms with van der Waals surface area (Å²) in [6, 6.07) is 0. The second-order valence-corrected chi connectivity index (χ2v) is 4.89. The number of nitrogens with one attached hydrogen (secondary N) is 1. The first-order valence-electron chi connectivity index (χ1n) is 6.64. The van der Waals surface area contributed by atoms with Gasteiger partial charge in [-0.15, -0.1) is 0 Å². The number of amides is 1. The molecule has 2 unspecified atom stereocenters. The smallest absolute Gasteiger partial charge is 0.306 e. The van der Waals surface area contributed by atoms with Gasteiger partial charge in [-0.2, -0.15) is 0 Å². The lowest BCUT2D eigenvalue weighted by atomic mass is 9.81. The molecule has 0 aromatic heterocycles. The molecule has 1 aliphatic rings. The van der Waals surface area contributed by atoms with Crippen LogP contribution in [0.3, 0.4) is 0 Å². The fourth-order valence-corrected chi connectivity index (χ4v) is 2.38. The highest BCUT2D eigenvalue weighted by Gasteiger charge is 2.30. The third kappa shape index (κ3) is 5.04. The van der Waals surface area contributed by atoms with Crippen LogP contribution in [0.15, 0.2) is 0 Å². The molecular weight excluding hydrogens is 234 g/mol. The van der Waals surface area contributed by atoms with Crippen LogP contribution in [0.4, 0.5) is 0 Å². The standard InChI is InChI=1S/C13H23NO4/c1-18-8-3-2-7-14-12(15)10-5-4-6-11(9-10)13(16)17/h10-11H,2-9H2,1H3,(H,14,15)(H,16,17). The Balaban J connectivity index is 2.22. The topological polar surface area (TPSA) is 75.6 Å². The van der Waals surface area contributed by atoms with Crippen molar-refractivity contribution in [1.82, 2.24) is 5.32 Å². The second kappa shape index (κ2) is 8.08. The molecule has 0 radical (unpaired) electrons. The Morgan fingerprint density at radius 3 is 2.67 bits per heavy atom. The van der Waals surface area contributed by atoms with Gasteiger partial charge in [0.15, 0.2) is 0 Å². The number of methoxy groups -OCH3 is 1. The molecule has 1 amide bonds. The van der Waals surface area contributed by atoms with Gasteiger partial charge < -0.3 is 15.2 Å². The molecule has 2 atom stereocenters. The molecule has 1 fully saturated rings. The number of carbonyl (C=O) groups is 2. The monoisotopic (exact) mass is 257 g/mol. The number of carbonyl (C=O) groups excluding carboxylic acids is 1. The molecule has 5 heteroatoms. The molecule has 5 nitrogen and oxygen atoms in total. The molecule has 0 aromatic rings. The van der Waals surface area contributed by atoms with Gasteiger partial charge in [-0.05, 0) is 32.1 Å². The Bertz CT molecular complexity index is 280. The molecule has 0 aromatic carbocycles. The molecular formula is C13H23NO4. The van der Waals surface area contributed by atoms with Gasteiger partial charge in [0.1, 0.15) is 0 Å². The maximum atomic E-state index is 11.9. The summed E-state index contributed by atoms with van der Waals surface area (Å²) in [4.78, 5) is 22.8. The van der Waals surface area contributed by atoms with E-state index in [0.717, 1.165) is 25.7 Å². The van der Waals surface area contributed by atoms with Gasteiger partial charge in [-0.1, -0.05) is 6.42 Å². The number of unbranched alkanes of at least 4 members (excludes halogenated alkanes) is 1. The van der Waals surface area contributed by atoms with Crippen molar-refractivity contribution in [3.05, 3.63) is 0 Å². The molecule has 0 aliphatic heterocycles. The Kier molecular flexibility index (Phi) is 6.72. The normalized spacial score (nSPS) is 23.6. The number of ether oxygens (including phenoxy) is 1. The van der Waals surface area contributed by atoms with Crippen LogP contribution >= 0.6 is 0 Å². The maximum Gasteiger partial charge on any atom is 0.306 e. The lowest BCUT2D eigenvalue weighted by molar-refractivity contribution is -0.144. The number of carboxylic acid groups (broad SMARTS) is 1. The predicted molar refractivity (Wildman–Crippen MR) is 67.2 cm³/mol. The highest BCUT2D eigenvalue weighted by molar-refractivity contribution is 5.80. The number of aliphatic carboxylic acids is 1. The first kappa shape index (κ1) is 15.0. The summed E-state index contributed by atoms with van der Waals surface area (Å²) in [5.41, 5.74) is 0. The summed E-state index contributed by atoms with van der Waals surface area (Å²) in [5, 5.41) is 11.8. The lowest BCUT2D eigenvalue weighted by Crippen LogP contribution is -2.35. The van der Waals surface area contributed by atoms with Gasteiger partial charge >= 0.3 is 5.97 Å². The molecule has 1 rings (SSSR count). The van der Waals surface area contributed by atoms with Crippen LogP contribution in [0.2, 0.25) is 0 Å². The minimum absolute atomic E-state index is 0.0124. The summed E-state index contributed by atoms with van der Waals surface area (Å²) in [5.74, 6) is -1.23. The van der Waals surface area contributed by atoms with Crippen LogP contribution in [0.25, 0.3) is 0 Å². The Morgan fingerprint density at radius 2 is 2.00 bits per heavy atom. The van der Waals surface area contributed by atoms with Crippen molar-refractivity contribution in [1.29, 1.82) is 0 Å². The number of hydrogen-bond acceptors (Lipinski definition) is 3. The van der Waals surface area contributed by atoms with Gasteiger partial charge in [0.25, 0.3) is 0 Å². The summed E-state index contributed by atoms with van der Waals surface area (Å²) >= 11 is 0. The first-order chi connectivity index (χ1) is 8.65. The van der Waals surface area contributed by atoms with Crippen LogP contribution < -0.4 is 5.32 Å². The van der Waals surface area contributed by atoms with Crippen molar-refractivity contribution in [2.75, 3.05) is 20.3 Å². The van der Waals surface area contributed by atoms with Gasteiger partial charge in [0.05, 0.1) is 5.92 Å². The average Bonchev–Trinajstić information content (AvgIpc) is 2.38. The van der Waals surface area contributed by atoms with E-state index in [-0.39, 0.29) is 17.7 Å². The summed E-state index contributed by atoms with van der Waals surface area (Å²) in [7, 11) is 1.66. The highest BCUT2D eigenvalue weighted by Crippen LogP contribution is 2.29. The van der Waals surface area contributed by atoms with Crippen LogP contribution in [-0.4, -0.2) is 37.2 Å². The average molecular weight is 257 g/mol. The molecule has 104 valence electrons. The van der Waals surface area contributed by atoms with Crippen molar-refractivity contribution < 1.29 is 19.4 Å². The quantitative estimate of drug-likeness (QED) is 0.676. The molecule has 2 N–H and O–H groups in total. The van der Waals surface area contributed by atoms with E-state index in [9.17, 15) is 9.59 Å². The number of rotatable bonds is 7. The Labute approximate surface area is 108 Å². The minimum Gasteiger partial charge on any atom is -0.481 e. The maximum absolute atomic E-state index is 11.9. The second-order valence-electron chi connectivity index (χ2n) is 4.89. The zero-order chi connectivity index (χ0) is 13.4. The van der Waals surface area contributed by atoms with Gasteiger partial charge in [0.2, 0.25) is 5.91 Å². The molecule has 18 heavy (non-hydrogen) atoms. The van der Waals surface area contributed by atoms with Crippen LogP contribution in [-0.2, 0) is 14.3 Å². The Morgan fingerprint density at radius 1 is 1.28 bits per heavy atom. The van der Waals surface area contributed by atoms with Crippen molar-refractivity contribution in [2.45, 2.75) is 38.5 Å². The van der Waals surface area contributed by atoms with Crippen LogP contribution in [0, 0.1) is 11.8 Å². The van der Waals surface area contributed by atoms with Gasteiger partial charge in [0, 0.05) is 26.2 Å². The first-order valence-corrected chi connectivity index (χ1v) is 6.64. The van der Waals surface area contributed by atoms with Crippen molar-refractivity contribution in [3.63, 3.8) is 0 Å². The van der Waals surface area contributed by atoms with E-state index in [4.69, 9.17) is 9.84 Å². The molecule has 0 heterocycles. The van der Waals surface area contributed by atoms with E-state index in [1.165, 1.54) is 0 Å². The van der Waals surface area contributed by atoms with Gasteiger partial charge in [-0.25, -0.2) is 0 Å². The molecule has 1 saturated carbocycles. The van der Waals surface area contributed by atoms with Crippen LogP contribution in [0.1, 0.15) is 38.5 Å². The minimum atomic E-state index is -0.771. The van der Waals surface area contributed by atoms with E-state index in [1.54, 1.807) is 7.11 Å². The third-order valence-electron chi connectivity index (χ3n) is 3.47. The number of hydrogen-bond donors (Lipinski definition) is 2. The van der Waals surface area contributed by atoms with E-state index >= 15 is 0 Å². The van der Waals surface area contributed by atoms with Crippen LogP contribution in [0.5, 0.6) is 0 Å². The highest BCUT2D eigenvalue weighted by atomic mass is 16.5. The summed E-state index contributed by atoms with van der Waals surface area (Å²) in [6.45, 7) is 1.36. The summed E-state index contributed by atoms with van der Waals surface area (Å²) in [6.07, 6.45) is 4.66. The molecule has 0 bridgehead atoms. The Hall–Kier alpha value is -1.10. The molecule has 0 spiro atoms. The van der Waals surface area contributed by atoms with E-state index in [2.05, 4.69) is 5.32 Å². The lowest BCUT2D eigenvalue weighted by Gasteiger charge is -2.25. The van der Waals surface area contributed by atoms with Crippen molar-refractivity contribution in [3.8, 4) is 0 Å². The summed E-state index contributed by atoms with van der Waals surface area (Å²) < 4.78 is 4.93. The van der Waals surface area contributed by atoms with Crippen molar-refractivity contribution >= 4 is 11.9 Å². The van der Waals surface area contributed by atoms with E-state index in [1.807, 2.05) is 0 Å². The molecule has 0 saturated heterocycles. The fraction of sp³-hybridized carbons (Fsp3) is 0.846. The largest absolute Gasteiger partial charge is 0.481 e. The van der Waals surface area contributed by atoms with Crippen molar-refractivity contribution in [2.24, 2.45) is 11.8 Å². The van der Waals surface area contributed by atoms with E-state index < -0.39 is 5.97 Å². The fourth-order valence-electron chi connectivity index (χ4n) is 2.38. The predicted octanol–water partition coefficient (Wildman–Crippen LogP) is 1.42. The SMILES string of the molecule is COCCCCNC(=O)C1CCCC(C(=O)O)C1. The van der Waals surface area contributed by atoms with Gasteiger partial charge in [-0.3, -0.25) is 9.59 Å². The molecule has 1 aliphatic carbocycles.